The van der Waals surface area contributed by atoms with Crippen molar-refractivity contribution < 1.29 is 9.90 Å². The Morgan fingerprint density at radius 1 is 1.29 bits per heavy atom. The summed E-state index contributed by atoms with van der Waals surface area (Å²) in [6.45, 7) is 1.43. The molecule has 1 aromatic carbocycles. The molecule has 1 aromatic rings. The highest BCUT2D eigenvalue weighted by Gasteiger charge is 2.19. The molecule has 1 N–H and O–H groups in total. The molecular formula is C14H15NO2. The lowest BCUT2D eigenvalue weighted by molar-refractivity contribution is -0.128. The molecule has 0 unspecified atom stereocenters. The Labute approximate surface area is 101 Å². The maximum absolute atomic E-state index is 11.5. The Hall–Kier alpha value is -1.79. The largest absolute Gasteiger partial charge is 0.384 e. The average molecular weight is 229 g/mol. The fraction of sp³-hybridized carbons (Fsp3) is 0.357. The smallest absolute Gasteiger partial charge is 0.222 e. The van der Waals surface area contributed by atoms with E-state index in [1.807, 2.05) is 29.2 Å². The number of amides is 1. The molecule has 88 valence electrons. The maximum atomic E-state index is 11.5. The number of hydrogen-bond donors (Lipinski definition) is 1. The Bertz CT molecular complexity index is 453. The summed E-state index contributed by atoms with van der Waals surface area (Å²) in [5.41, 5.74) is 2.00. The zero-order valence-electron chi connectivity index (χ0n) is 9.65. The normalized spacial score (nSPS) is 14.6. The number of carbonyl (C=O) groups excluding carboxylic acids is 1. The highest BCUT2D eigenvalue weighted by molar-refractivity contribution is 5.78. The molecule has 1 saturated heterocycles. The predicted molar refractivity (Wildman–Crippen MR) is 65.1 cm³/mol. The molecule has 1 fully saturated rings. The molecule has 1 amide bonds. The Balaban J connectivity index is 2.00. The molecule has 0 aromatic heterocycles. The summed E-state index contributed by atoms with van der Waals surface area (Å²) in [5, 5.41) is 8.58. The van der Waals surface area contributed by atoms with Gasteiger partial charge in [0.2, 0.25) is 5.91 Å². The summed E-state index contributed by atoms with van der Waals surface area (Å²) in [5.74, 6) is 5.69. The minimum atomic E-state index is -0.121. The number of hydrogen-bond acceptors (Lipinski definition) is 2. The summed E-state index contributed by atoms with van der Waals surface area (Å²) in [7, 11) is 0. The molecule has 0 bridgehead atoms. The van der Waals surface area contributed by atoms with Gasteiger partial charge in [-0.3, -0.25) is 4.79 Å². The van der Waals surface area contributed by atoms with Crippen LogP contribution in [-0.4, -0.2) is 29.1 Å². The second kappa shape index (κ2) is 5.51. The average Bonchev–Trinajstić information content (AvgIpc) is 2.74. The van der Waals surface area contributed by atoms with E-state index >= 15 is 0 Å². The zero-order chi connectivity index (χ0) is 12.1. The van der Waals surface area contributed by atoms with E-state index in [4.69, 9.17) is 5.11 Å². The first-order valence-electron chi connectivity index (χ1n) is 5.76. The van der Waals surface area contributed by atoms with Crippen LogP contribution in [0, 0.1) is 11.8 Å². The number of likely N-dealkylation sites (tertiary alicyclic amines) is 1. The van der Waals surface area contributed by atoms with Crippen LogP contribution in [0.1, 0.15) is 24.0 Å². The summed E-state index contributed by atoms with van der Waals surface area (Å²) in [6, 6.07) is 7.79. The van der Waals surface area contributed by atoms with Gasteiger partial charge in [0.1, 0.15) is 6.61 Å². The van der Waals surface area contributed by atoms with Gasteiger partial charge in [0.25, 0.3) is 0 Å². The van der Waals surface area contributed by atoms with Crippen LogP contribution in [0.3, 0.4) is 0 Å². The molecule has 2 rings (SSSR count). The van der Waals surface area contributed by atoms with Crippen LogP contribution >= 0.6 is 0 Å². The first-order chi connectivity index (χ1) is 8.29. The van der Waals surface area contributed by atoms with Gasteiger partial charge in [-0.1, -0.05) is 24.0 Å². The van der Waals surface area contributed by atoms with Crippen LogP contribution in [0.15, 0.2) is 24.3 Å². The van der Waals surface area contributed by atoms with E-state index in [1.165, 1.54) is 0 Å². The van der Waals surface area contributed by atoms with Crippen LogP contribution < -0.4 is 0 Å². The van der Waals surface area contributed by atoms with Crippen molar-refractivity contribution in [3.63, 3.8) is 0 Å². The molecule has 3 nitrogen and oxygen atoms in total. The van der Waals surface area contributed by atoms with Gasteiger partial charge in [-0.05, 0) is 24.1 Å². The molecule has 1 aliphatic rings. The molecule has 1 heterocycles. The van der Waals surface area contributed by atoms with Crippen molar-refractivity contribution in [2.75, 3.05) is 13.2 Å². The Morgan fingerprint density at radius 3 is 2.65 bits per heavy atom. The summed E-state index contributed by atoms with van der Waals surface area (Å²) < 4.78 is 0. The van der Waals surface area contributed by atoms with Crippen LogP contribution in [-0.2, 0) is 11.3 Å². The van der Waals surface area contributed by atoms with Gasteiger partial charge in [0, 0.05) is 25.1 Å². The van der Waals surface area contributed by atoms with Gasteiger partial charge in [0.05, 0.1) is 0 Å². The van der Waals surface area contributed by atoms with E-state index in [0.717, 1.165) is 24.1 Å². The van der Waals surface area contributed by atoms with Crippen molar-refractivity contribution in [2.45, 2.75) is 19.4 Å². The molecule has 1 aliphatic heterocycles. The third-order valence-corrected chi connectivity index (χ3v) is 2.81. The minimum absolute atomic E-state index is 0.121. The van der Waals surface area contributed by atoms with Gasteiger partial charge in [-0.2, -0.15) is 0 Å². The summed E-state index contributed by atoms with van der Waals surface area (Å²) >= 11 is 0. The van der Waals surface area contributed by atoms with E-state index in [0.29, 0.717) is 13.0 Å². The van der Waals surface area contributed by atoms with E-state index in [1.54, 1.807) is 0 Å². The van der Waals surface area contributed by atoms with Gasteiger partial charge >= 0.3 is 0 Å². The van der Waals surface area contributed by atoms with E-state index in [-0.39, 0.29) is 12.5 Å². The Kier molecular flexibility index (Phi) is 3.79. The van der Waals surface area contributed by atoms with Crippen molar-refractivity contribution >= 4 is 5.91 Å². The number of rotatable bonds is 2. The second-order valence-corrected chi connectivity index (χ2v) is 4.08. The van der Waals surface area contributed by atoms with Crippen LogP contribution in [0.25, 0.3) is 0 Å². The molecule has 0 saturated carbocycles. The first-order valence-corrected chi connectivity index (χ1v) is 5.76. The lowest BCUT2D eigenvalue weighted by Crippen LogP contribution is -2.23. The number of benzene rings is 1. The molecule has 0 aliphatic carbocycles. The van der Waals surface area contributed by atoms with Crippen LogP contribution in [0.2, 0.25) is 0 Å². The fourth-order valence-corrected chi connectivity index (χ4v) is 1.93. The highest BCUT2D eigenvalue weighted by atomic mass is 16.2. The lowest BCUT2D eigenvalue weighted by Gasteiger charge is -2.15. The van der Waals surface area contributed by atoms with Crippen molar-refractivity contribution in [2.24, 2.45) is 0 Å². The number of aliphatic hydroxyl groups excluding tert-OH is 1. The van der Waals surface area contributed by atoms with Crippen molar-refractivity contribution in [1.29, 1.82) is 0 Å². The fourth-order valence-electron chi connectivity index (χ4n) is 1.93. The van der Waals surface area contributed by atoms with Crippen molar-refractivity contribution in [3.8, 4) is 11.8 Å². The summed E-state index contributed by atoms with van der Waals surface area (Å²) in [6.07, 6.45) is 1.65. The molecule has 0 spiro atoms. The quantitative estimate of drug-likeness (QED) is 0.773. The molecular weight excluding hydrogens is 214 g/mol. The zero-order valence-corrected chi connectivity index (χ0v) is 9.65. The molecule has 0 radical (unpaired) electrons. The van der Waals surface area contributed by atoms with Crippen LogP contribution in [0.5, 0.6) is 0 Å². The van der Waals surface area contributed by atoms with Crippen molar-refractivity contribution in [3.05, 3.63) is 35.4 Å². The maximum Gasteiger partial charge on any atom is 0.222 e. The van der Waals surface area contributed by atoms with Gasteiger partial charge in [-0.15, -0.1) is 0 Å². The third kappa shape index (κ3) is 3.08. The minimum Gasteiger partial charge on any atom is -0.384 e. The predicted octanol–water partition coefficient (Wildman–Crippen LogP) is 1.15. The van der Waals surface area contributed by atoms with Gasteiger partial charge in [-0.25, -0.2) is 0 Å². The standard InChI is InChI=1S/C14H15NO2/c16-10-2-3-12-5-7-13(8-6-12)11-15-9-1-4-14(15)17/h5-8,16H,1,4,9-11H2. The third-order valence-electron chi connectivity index (χ3n) is 2.81. The lowest BCUT2D eigenvalue weighted by atomic mass is 10.1. The SMILES string of the molecule is O=C1CCCN1Cc1ccc(C#CCO)cc1. The second-order valence-electron chi connectivity index (χ2n) is 4.08. The van der Waals surface area contributed by atoms with E-state index in [9.17, 15) is 4.79 Å². The number of nitrogens with zero attached hydrogens (tertiary/aromatic N) is 1. The van der Waals surface area contributed by atoms with Crippen LogP contribution in [0.4, 0.5) is 0 Å². The van der Waals surface area contributed by atoms with Gasteiger partial charge < -0.3 is 10.0 Å². The first kappa shape index (κ1) is 11.7. The monoisotopic (exact) mass is 229 g/mol. The van der Waals surface area contributed by atoms with Crippen molar-refractivity contribution in [1.82, 2.24) is 4.90 Å². The van der Waals surface area contributed by atoms with Gasteiger partial charge in [0.15, 0.2) is 0 Å². The number of aliphatic hydroxyl groups is 1. The molecule has 0 atom stereocenters. The summed E-state index contributed by atoms with van der Waals surface area (Å²) in [4.78, 5) is 13.3. The molecule has 17 heavy (non-hydrogen) atoms. The number of carbonyl (C=O) groups is 1. The topological polar surface area (TPSA) is 40.5 Å². The molecule has 3 heteroatoms. The van der Waals surface area contributed by atoms with E-state index < -0.39 is 0 Å². The highest BCUT2D eigenvalue weighted by Crippen LogP contribution is 2.14. The Morgan fingerprint density at radius 2 is 2.06 bits per heavy atom. The van der Waals surface area contributed by atoms with E-state index in [2.05, 4.69) is 11.8 Å².